The Hall–Kier alpha value is -12.6. The maximum absolute atomic E-state index is 15.4. The van der Waals surface area contributed by atoms with E-state index in [4.69, 9.17) is 28.3 Å². The van der Waals surface area contributed by atoms with Crippen LogP contribution in [-0.2, 0) is 114 Å². The highest BCUT2D eigenvalue weighted by Crippen LogP contribution is 2.33. The minimum atomic E-state index is -2.00. The topological polar surface area (TPSA) is 728 Å². The minimum Gasteiger partial charge on any atom is -0.481 e. The molecule has 1 aromatic carbocycles. The largest absolute Gasteiger partial charge is 0.481 e. The third-order valence-electron chi connectivity index (χ3n) is 23.5. The van der Waals surface area contributed by atoms with Crippen LogP contribution in [-0.4, -0.2) is 268 Å². The number of rotatable bonds is 52. The number of ketones is 3. The Morgan fingerprint density at radius 1 is 0.603 bits per heavy atom. The highest BCUT2D eigenvalue weighted by molar-refractivity contribution is 7.99. The minimum absolute atomic E-state index is 0.0350. The van der Waals surface area contributed by atoms with Crippen molar-refractivity contribution in [1.82, 2.24) is 83.2 Å². The van der Waals surface area contributed by atoms with Crippen LogP contribution >= 0.6 is 23.5 Å². The average molecular weight is 1950 g/mol. The number of aryl methyl sites for hydroxylation is 1. The summed E-state index contributed by atoms with van der Waals surface area (Å²) in [6.07, 6.45) is -0.453. The summed E-state index contributed by atoms with van der Waals surface area (Å²) < 4.78 is 1.80. The number of nitrogens with one attached hydrogen (secondary N) is 14. The number of aromatic amines is 1. The van der Waals surface area contributed by atoms with Crippen LogP contribution in [0.4, 0.5) is 0 Å². The molecule has 1 fully saturated rings. The van der Waals surface area contributed by atoms with Gasteiger partial charge in [-0.15, -0.1) is 11.8 Å². The number of thioether (sulfide) groups is 2. The van der Waals surface area contributed by atoms with E-state index in [9.17, 15) is 92.0 Å². The second-order valence-electron chi connectivity index (χ2n) is 35.5. The van der Waals surface area contributed by atoms with Gasteiger partial charge in [0.2, 0.25) is 88.6 Å². The molecule has 2 aliphatic rings. The molecule has 0 saturated carbocycles. The van der Waals surface area contributed by atoms with Gasteiger partial charge in [0.1, 0.15) is 54.4 Å². The molecule has 4 heterocycles. The number of benzene rings is 1. The van der Waals surface area contributed by atoms with Gasteiger partial charge in [-0.1, -0.05) is 86.1 Å². The van der Waals surface area contributed by atoms with Crippen LogP contribution < -0.4 is 86.7 Å². The van der Waals surface area contributed by atoms with E-state index in [1.807, 2.05) is 6.26 Å². The normalized spacial score (nSPS) is 19.2. The smallest absolute Gasteiger partial charge is 0.305 e. The van der Waals surface area contributed by atoms with Crippen molar-refractivity contribution in [3.05, 3.63) is 48.7 Å². The number of fused-ring (bicyclic) bond motifs is 3. The van der Waals surface area contributed by atoms with Crippen molar-refractivity contribution < 1.29 is 116 Å². The first kappa shape index (κ1) is 114. The first-order valence-electron chi connectivity index (χ1n) is 45.6. The van der Waals surface area contributed by atoms with Crippen molar-refractivity contribution >= 4 is 164 Å². The number of carbonyl (C=O) groups excluding carboxylic acids is 18. The van der Waals surface area contributed by atoms with Gasteiger partial charge in [0, 0.05) is 124 Å². The van der Waals surface area contributed by atoms with E-state index in [0.717, 1.165) is 23.6 Å². The molecule has 1 saturated heterocycles. The van der Waals surface area contributed by atoms with E-state index in [2.05, 4.69) is 73.8 Å². The number of carboxylic acids is 3. The Morgan fingerprint density at radius 2 is 1.23 bits per heavy atom. The lowest BCUT2D eigenvalue weighted by Crippen LogP contribution is -2.62. The summed E-state index contributed by atoms with van der Waals surface area (Å²) in [5, 5.41) is 70.3. The Labute approximate surface area is 796 Å². The van der Waals surface area contributed by atoms with E-state index in [1.54, 1.807) is 90.4 Å². The van der Waals surface area contributed by atoms with Gasteiger partial charge in [0.25, 0.3) is 0 Å². The lowest BCUT2D eigenvalue weighted by atomic mass is 9.86. The maximum Gasteiger partial charge on any atom is 0.305 e. The van der Waals surface area contributed by atoms with Crippen molar-refractivity contribution in [1.29, 1.82) is 5.41 Å². The second kappa shape index (κ2) is 56.7. The van der Waals surface area contributed by atoms with Crippen molar-refractivity contribution in [3.8, 4) is 0 Å². The zero-order valence-corrected chi connectivity index (χ0v) is 80.1. The van der Waals surface area contributed by atoms with Crippen LogP contribution in [0.25, 0.3) is 10.8 Å². The average Bonchev–Trinajstić information content (AvgIpc) is 1.65. The van der Waals surface area contributed by atoms with Gasteiger partial charge in [0.15, 0.2) is 23.3 Å². The van der Waals surface area contributed by atoms with Crippen LogP contribution in [0.2, 0.25) is 0 Å². The predicted molar refractivity (Wildman–Crippen MR) is 498 cm³/mol. The van der Waals surface area contributed by atoms with Crippen LogP contribution in [0.3, 0.4) is 0 Å². The summed E-state index contributed by atoms with van der Waals surface area (Å²) in [6, 6.07) is -12.3. The highest BCUT2D eigenvalue weighted by atomic mass is 32.2. The number of aliphatic carboxylic acids is 3. The van der Waals surface area contributed by atoms with E-state index < -0.39 is 296 Å². The van der Waals surface area contributed by atoms with Gasteiger partial charge in [-0.25, -0.2) is 4.98 Å². The summed E-state index contributed by atoms with van der Waals surface area (Å²) in [6.45, 7) is 14.2. The number of nitrogens with zero attached hydrogens (tertiary/aromatic N) is 3. The van der Waals surface area contributed by atoms with Crippen molar-refractivity contribution in [2.24, 2.45) is 64.4 Å². The van der Waals surface area contributed by atoms with Crippen LogP contribution in [0.1, 0.15) is 203 Å². The van der Waals surface area contributed by atoms with Gasteiger partial charge < -0.3 is 117 Å². The number of guanidine groups is 1. The number of hydrogen-bond donors (Lipinski definition) is 21. The molecular formula is C89H135N21O24S2. The standard InChI is InChI=1S/C89H135N21O24S2/c1-11-48(8)75-86(133)104-61(34-45(2)3)82(129)103-62(40-73(121)122)83(130)100-57(79(126)102-60(37-53-41-95-44-97-53)67(113)38-55(46(4)5)78(125)99-56(23-26-69(90)115)66(112)36-51(19-16-30-96-89(93)94)77(124)107-74(47(6)7)68(114)35-50(76(92)123)29-33-135-10)21-14-15-31-109-42-52-18-12-13-20-54(52)88(109)136-43-64(84(131)108-75)106-81(128)59(25-28-72(119)120)101-85(132)65-22-17-32-110(65)87(134)63(39-70(91)116)105-80(127)58(98-49(9)111)24-27-71(117)118/h12-13,18,20,41-42,44-48,50-51,55-65,74-75H,11,14-17,19,21-40,43H2,1-10H3,(H2,90,115)(H2,91,116)(H2,92,123)(H,95,97)(H,98,111)(H,99,125)(H,100,130)(H,101,132)(H,102,126)(H,103,129)(H,104,133)(H,105,127)(H,106,128)(H,107,124)(H,108,131)(H,117,118)(H,119,120)(H,121,122)(H4,93,94,96)/t48-,50+,51+,55-,56-,57-,58-,59-,60-,61-,62-,63-,64-,65-,74-,75-/m0/s1. The number of carboxylic acid groups (broad SMARTS) is 3. The van der Waals surface area contributed by atoms with E-state index >= 15 is 24.0 Å². The van der Waals surface area contributed by atoms with Crippen molar-refractivity contribution in [3.63, 3.8) is 0 Å². The number of nitrogens with two attached hydrogens (primary N) is 4. The molecule has 47 heteroatoms. The predicted octanol–water partition coefficient (Wildman–Crippen LogP) is -0.796. The van der Waals surface area contributed by atoms with E-state index in [1.165, 1.54) is 24.3 Å². The molecule has 5 rings (SSSR count). The number of aromatic nitrogens is 3. The van der Waals surface area contributed by atoms with Crippen LogP contribution in [0.15, 0.2) is 48.0 Å². The van der Waals surface area contributed by atoms with Crippen LogP contribution in [0, 0.1) is 46.8 Å². The van der Waals surface area contributed by atoms with Gasteiger partial charge >= 0.3 is 17.9 Å². The maximum atomic E-state index is 15.4. The number of H-pyrrole nitrogens is 1. The van der Waals surface area contributed by atoms with Gasteiger partial charge in [-0.2, -0.15) is 11.8 Å². The molecule has 16 atom stereocenters. The van der Waals surface area contributed by atoms with E-state index in [0.29, 0.717) is 28.0 Å². The first-order chi connectivity index (χ1) is 64.1. The monoisotopic (exact) mass is 1950 g/mol. The number of Topliss-reactive ketones (excluding diaryl/α,β-unsaturated/α-hetero) is 3. The Bertz CT molecular complexity index is 4740. The molecule has 2 aromatic heterocycles. The van der Waals surface area contributed by atoms with Crippen LogP contribution in [0.5, 0.6) is 0 Å². The molecule has 0 unspecified atom stereocenters. The number of primary amides is 3. The molecule has 2 aliphatic heterocycles. The van der Waals surface area contributed by atoms with Gasteiger partial charge in [0.05, 0.1) is 42.3 Å². The molecule has 136 heavy (non-hydrogen) atoms. The zero-order valence-electron chi connectivity index (χ0n) is 78.5. The summed E-state index contributed by atoms with van der Waals surface area (Å²) in [5.74, 6) is -27.1. The fraction of sp³-hybridized carbons (Fsp3) is 0.629. The molecule has 45 nitrogen and oxygen atoms in total. The zero-order chi connectivity index (χ0) is 101. The molecule has 0 aliphatic carbocycles. The van der Waals surface area contributed by atoms with Crippen molar-refractivity contribution in [2.45, 2.75) is 288 Å². The molecule has 0 bridgehead atoms. The second-order valence-corrected chi connectivity index (χ2v) is 37.5. The summed E-state index contributed by atoms with van der Waals surface area (Å²) in [5.41, 5.74) is 22.6. The SMILES string of the molecule is CC[C@H](C)[C@@H]1NC(=O)[C@@H](NC(=O)[C@H](CCC(=O)O)NC(=O)[C@@H]2CCCN2C(=O)[C@H](CC(N)=O)NC(=O)[C@H](CCC(=O)O)NC(C)=O)CSc2c3ccccc3cn2CCCC[C@@H](C(=O)N[C@@H](Cc2cnc[nH]2)C(=O)C[C@H](C(=O)N[C@@H](CCC(N)=O)C(=O)C[C@@H](CCCNC(=N)N)C(=O)N[C@H](C(=O)C[C@@H](CCSC)C(N)=O)C(C)C)C(C)C)NC(=O)[C@H](CC(=O)O)NC(=O)[C@H](CC(C)C)NC1=O. The van der Waals surface area contributed by atoms with Gasteiger partial charge in [-0.3, -0.25) is 106 Å². The summed E-state index contributed by atoms with van der Waals surface area (Å²) in [7, 11) is 0. The number of carbonyl (C=O) groups is 21. The van der Waals surface area contributed by atoms with Gasteiger partial charge in [-0.05, 0) is 113 Å². The fourth-order valence-electron chi connectivity index (χ4n) is 15.8. The fourth-order valence-corrected chi connectivity index (χ4v) is 17.5. The quantitative estimate of drug-likeness (QED) is 0.0187. The number of likely N-dealkylation sites (tertiary alicyclic amines) is 1. The molecule has 752 valence electrons. The molecule has 0 radical (unpaired) electrons. The number of amides is 15. The Morgan fingerprint density at radius 3 is 1.82 bits per heavy atom. The highest BCUT2D eigenvalue weighted by Gasteiger charge is 2.44. The first-order valence-corrected chi connectivity index (χ1v) is 48.0. The third-order valence-corrected chi connectivity index (χ3v) is 25.4. The lowest BCUT2D eigenvalue weighted by molar-refractivity contribution is -0.144. The Kier molecular flexibility index (Phi) is 47.5. The van der Waals surface area contributed by atoms with E-state index in [-0.39, 0.29) is 114 Å². The number of hydrogen-bond acceptors (Lipinski definition) is 25. The third kappa shape index (κ3) is 37.9. The van der Waals surface area contributed by atoms with Crippen molar-refractivity contribution in [2.75, 3.05) is 30.9 Å². The Balaban J connectivity index is 1.56. The summed E-state index contributed by atoms with van der Waals surface area (Å²) >= 11 is 2.49. The molecule has 0 spiro atoms. The lowest BCUT2D eigenvalue weighted by Gasteiger charge is -2.31. The number of imidazole rings is 1. The molecule has 25 N–H and O–H groups in total. The molecule has 3 aromatic rings. The molecular weight excluding hydrogens is 1810 g/mol. The molecule has 15 amide bonds. The summed E-state index contributed by atoms with van der Waals surface area (Å²) in [4.78, 5) is 301.